The second-order valence-corrected chi connectivity index (χ2v) is 9.88. The molecule has 3 aromatic carbocycles. The van der Waals surface area contributed by atoms with E-state index < -0.39 is 23.7 Å². The van der Waals surface area contributed by atoms with Crippen molar-refractivity contribution in [2.24, 2.45) is 5.92 Å². The number of hydrogen-bond donors (Lipinski definition) is 1. The van der Waals surface area contributed by atoms with Crippen molar-refractivity contribution < 1.29 is 29.0 Å². The van der Waals surface area contributed by atoms with E-state index in [2.05, 4.69) is 0 Å². The van der Waals surface area contributed by atoms with Crippen molar-refractivity contribution in [1.29, 1.82) is 0 Å². The summed E-state index contributed by atoms with van der Waals surface area (Å²) in [5.41, 5.74) is 2.49. The van der Waals surface area contributed by atoms with E-state index in [1.807, 2.05) is 39.0 Å². The first-order valence-electron chi connectivity index (χ1n) is 12.1. The Balaban J connectivity index is 1.81. The number of benzene rings is 3. The molecule has 1 fully saturated rings. The Bertz CT molecular complexity index is 1430. The lowest BCUT2D eigenvalue weighted by Gasteiger charge is -2.26. The van der Waals surface area contributed by atoms with E-state index in [4.69, 9.17) is 21.1 Å². The highest BCUT2D eigenvalue weighted by Gasteiger charge is 2.47. The van der Waals surface area contributed by atoms with Gasteiger partial charge in [-0.2, -0.15) is 0 Å². The van der Waals surface area contributed by atoms with Gasteiger partial charge in [0.15, 0.2) is 0 Å². The van der Waals surface area contributed by atoms with Crippen LogP contribution in [0.2, 0.25) is 5.02 Å². The molecule has 0 radical (unpaired) electrons. The second kappa shape index (κ2) is 11.1. The molecule has 38 heavy (non-hydrogen) atoms. The molecule has 0 saturated carbocycles. The molecule has 1 aliphatic rings. The highest BCUT2D eigenvalue weighted by Crippen LogP contribution is 2.43. The molecule has 196 valence electrons. The fourth-order valence-electron chi connectivity index (χ4n) is 4.31. The van der Waals surface area contributed by atoms with Crippen LogP contribution in [0.4, 0.5) is 5.69 Å². The van der Waals surface area contributed by atoms with E-state index in [9.17, 15) is 19.5 Å². The average molecular weight is 534 g/mol. The number of esters is 1. The number of aliphatic hydroxyl groups excluding tert-OH is 1. The Labute approximate surface area is 226 Å². The minimum absolute atomic E-state index is 0.0674. The van der Waals surface area contributed by atoms with Crippen LogP contribution in [0.1, 0.15) is 46.9 Å². The number of amides is 1. The van der Waals surface area contributed by atoms with Crippen LogP contribution in [0.3, 0.4) is 0 Å². The molecule has 1 atom stereocenters. The first kappa shape index (κ1) is 26.9. The molecule has 1 saturated heterocycles. The van der Waals surface area contributed by atoms with Crippen molar-refractivity contribution in [1.82, 2.24) is 0 Å². The third-order valence-electron chi connectivity index (χ3n) is 6.16. The van der Waals surface area contributed by atoms with E-state index in [1.165, 1.54) is 18.1 Å². The van der Waals surface area contributed by atoms with Crippen LogP contribution in [0.5, 0.6) is 5.75 Å². The molecular formula is C30H28ClNO6. The van der Waals surface area contributed by atoms with Crippen molar-refractivity contribution in [2.75, 3.05) is 18.6 Å². The summed E-state index contributed by atoms with van der Waals surface area (Å²) in [5, 5.41) is 11.6. The number of aliphatic hydroxyl groups is 1. The van der Waals surface area contributed by atoms with Crippen LogP contribution in [0.15, 0.2) is 72.3 Å². The van der Waals surface area contributed by atoms with Gasteiger partial charge in [-0.05, 0) is 60.9 Å². The summed E-state index contributed by atoms with van der Waals surface area (Å²) in [4.78, 5) is 40.4. The zero-order valence-corrected chi connectivity index (χ0v) is 22.3. The SMILES string of the molecule is COc1ccc(/C(O)=C2/C(=O)C(=O)N(c3ccc(C(=O)OCC(C)C)cc3)C2c2cccc(C)c2)cc1Cl. The van der Waals surface area contributed by atoms with E-state index >= 15 is 0 Å². The fraction of sp³-hybridized carbons (Fsp3) is 0.233. The molecule has 1 amide bonds. The van der Waals surface area contributed by atoms with Crippen molar-refractivity contribution in [2.45, 2.75) is 26.8 Å². The summed E-state index contributed by atoms with van der Waals surface area (Å²) in [7, 11) is 1.47. The Morgan fingerprint density at radius 3 is 2.32 bits per heavy atom. The third kappa shape index (κ3) is 5.29. The number of hydrogen-bond acceptors (Lipinski definition) is 6. The van der Waals surface area contributed by atoms with Crippen molar-refractivity contribution in [3.63, 3.8) is 0 Å². The number of nitrogens with zero attached hydrogens (tertiary/aromatic N) is 1. The number of Topliss-reactive ketones (excluding diaryl/α,β-unsaturated/α-hetero) is 1. The number of ketones is 1. The van der Waals surface area contributed by atoms with Gasteiger partial charge in [-0.1, -0.05) is 55.3 Å². The number of ether oxygens (including phenoxy) is 2. The minimum atomic E-state index is -0.908. The lowest BCUT2D eigenvalue weighted by atomic mass is 9.94. The van der Waals surface area contributed by atoms with E-state index in [0.29, 0.717) is 22.6 Å². The van der Waals surface area contributed by atoms with E-state index in [1.54, 1.807) is 42.5 Å². The summed E-state index contributed by atoms with van der Waals surface area (Å²) in [6.45, 7) is 6.07. The van der Waals surface area contributed by atoms with Gasteiger partial charge >= 0.3 is 5.97 Å². The fourth-order valence-corrected chi connectivity index (χ4v) is 4.57. The molecule has 0 aromatic heterocycles. The maximum atomic E-state index is 13.4. The number of aryl methyl sites for hydroxylation is 1. The number of carbonyl (C=O) groups is 3. The first-order valence-corrected chi connectivity index (χ1v) is 12.5. The standard InChI is InChI=1S/C30H28ClNO6/c1-17(2)16-38-30(36)19-8-11-22(12-9-19)32-26(20-7-5-6-18(3)14-20)25(28(34)29(32)35)27(33)21-10-13-24(37-4)23(31)15-21/h5-15,17,26,33H,16H2,1-4H3/b27-25-. The van der Waals surface area contributed by atoms with Gasteiger partial charge in [-0.15, -0.1) is 0 Å². The van der Waals surface area contributed by atoms with Gasteiger partial charge in [-0.3, -0.25) is 14.5 Å². The molecule has 7 nitrogen and oxygen atoms in total. The molecule has 0 bridgehead atoms. The van der Waals surface area contributed by atoms with Gasteiger partial charge in [0.2, 0.25) is 0 Å². The third-order valence-corrected chi connectivity index (χ3v) is 6.45. The lowest BCUT2D eigenvalue weighted by Crippen LogP contribution is -2.29. The van der Waals surface area contributed by atoms with Crippen LogP contribution >= 0.6 is 11.6 Å². The Hall–Kier alpha value is -4.10. The molecule has 1 heterocycles. The predicted molar refractivity (Wildman–Crippen MR) is 146 cm³/mol. The topological polar surface area (TPSA) is 93.1 Å². The largest absolute Gasteiger partial charge is 0.507 e. The minimum Gasteiger partial charge on any atom is -0.507 e. The average Bonchev–Trinajstić information content (AvgIpc) is 3.17. The molecule has 1 unspecified atom stereocenters. The number of methoxy groups -OCH3 is 1. The van der Waals surface area contributed by atoms with Crippen LogP contribution in [-0.4, -0.2) is 36.5 Å². The summed E-state index contributed by atoms with van der Waals surface area (Å²) in [6, 6.07) is 17.4. The maximum absolute atomic E-state index is 13.4. The number of anilines is 1. The second-order valence-electron chi connectivity index (χ2n) is 9.47. The molecular weight excluding hydrogens is 506 g/mol. The van der Waals surface area contributed by atoms with Crippen molar-refractivity contribution in [3.8, 4) is 5.75 Å². The normalized spacial score (nSPS) is 16.7. The number of rotatable bonds is 7. The maximum Gasteiger partial charge on any atom is 0.338 e. The Morgan fingerprint density at radius 2 is 1.71 bits per heavy atom. The molecule has 8 heteroatoms. The molecule has 0 spiro atoms. The van der Waals surface area contributed by atoms with Crippen LogP contribution < -0.4 is 9.64 Å². The number of halogens is 1. The van der Waals surface area contributed by atoms with Crippen LogP contribution in [0.25, 0.3) is 5.76 Å². The van der Waals surface area contributed by atoms with Gasteiger partial charge in [-0.25, -0.2) is 4.79 Å². The van der Waals surface area contributed by atoms with Gasteiger partial charge < -0.3 is 14.6 Å². The number of carbonyl (C=O) groups excluding carboxylic acids is 3. The lowest BCUT2D eigenvalue weighted by molar-refractivity contribution is -0.132. The van der Waals surface area contributed by atoms with Crippen LogP contribution in [0, 0.1) is 12.8 Å². The zero-order valence-electron chi connectivity index (χ0n) is 21.5. The Morgan fingerprint density at radius 1 is 1.03 bits per heavy atom. The van der Waals surface area contributed by atoms with Crippen LogP contribution in [-0.2, 0) is 14.3 Å². The van der Waals surface area contributed by atoms with Crippen molar-refractivity contribution in [3.05, 3.63) is 99.6 Å². The molecule has 1 aliphatic heterocycles. The smallest absolute Gasteiger partial charge is 0.338 e. The van der Waals surface area contributed by atoms with Gasteiger partial charge in [0.25, 0.3) is 11.7 Å². The first-order chi connectivity index (χ1) is 18.1. The molecule has 1 N–H and O–H groups in total. The van der Waals surface area contributed by atoms with Gasteiger partial charge in [0.05, 0.1) is 35.9 Å². The quantitative estimate of drug-likeness (QED) is 0.171. The zero-order chi connectivity index (χ0) is 27.6. The summed E-state index contributed by atoms with van der Waals surface area (Å²) in [5.74, 6) is -1.85. The monoisotopic (exact) mass is 533 g/mol. The molecule has 0 aliphatic carbocycles. The highest BCUT2D eigenvalue weighted by molar-refractivity contribution is 6.51. The predicted octanol–water partition coefficient (Wildman–Crippen LogP) is 6.10. The highest BCUT2D eigenvalue weighted by atomic mass is 35.5. The van der Waals surface area contributed by atoms with E-state index in [0.717, 1.165) is 5.56 Å². The molecule has 4 rings (SSSR count). The van der Waals surface area contributed by atoms with E-state index in [-0.39, 0.29) is 34.4 Å². The summed E-state index contributed by atoms with van der Waals surface area (Å²) < 4.78 is 10.5. The summed E-state index contributed by atoms with van der Waals surface area (Å²) >= 11 is 6.27. The Kier molecular flexibility index (Phi) is 7.88. The summed E-state index contributed by atoms with van der Waals surface area (Å²) in [6.07, 6.45) is 0. The van der Waals surface area contributed by atoms with Gasteiger partial charge in [0, 0.05) is 11.3 Å². The van der Waals surface area contributed by atoms with Gasteiger partial charge in [0.1, 0.15) is 11.5 Å². The molecule has 3 aromatic rings. The van der Waals surface area contributed by atoms with Crippen molar-refractivity contribution >= 4 is 40.7 Å².